The number of esters is 1. The van der Waals surface area contributed by atoms with Crippen LogP contribution in [0.2, 0.25) is 0 Å². The smallest absolute Gasteiger partial charge is 0.313 e. The Bertz CT molecular complexity index is 787. The minimum atomic E-state index is -0.471. The van der Waals surface area contributed by atoms with Crippen LogP contribution in [0.3, 0.4) is 0 Å². The number of hydrogen-bond donors (Lipinski definition) is 1. The molecule has 0 heterocycles. The quantitative estimate of drug-likeness (QED) is 0.656. The zero-order valence-corrected chi connectivity index (χ0v) is 16.4. The number of nitriles is 1. The molecule has 0 saturated carbocycles. The lowest BCUT2D eigenvalue weighted by atomic mass is 9.82. The number of carbonyl (C=O) groups excluding carboxylic acids is 1. The number of hydrogen-bond acceptors (Lipinski definition) is 4. The number of carbonyl (C=O) groups is 1. The Morgan fingerprint density at radius 1 is 1.07 bits per heavy atom. The Balaban J connectivity index is 2.03. The summed E-state index contributed by atoms with van der Waals surface area (Å²) in [6.07, 6.45) is 1.50. The van der Waals surface area contributed by atoms with E-state index in [0.29, 0.717) is 25.3 Å². The van der Waals surface area contributed by atoms with E-state index in [1.54, 1.807) is 0 Å². The molecule has 0 bridgehead atoms. The van der Waals surface area contributed by atoms with Gasteiger partial charge in [-0.1, -0.05) is 56.3 Å². The molecule has 2 aromatic carbocycles. The topological polar surface area (TPSA) is 62.1 Å². The van der Waals surface area contributed by atoms with Gasteiger partial charge in [0.1, 0.15) is 0 Å². The van der Waals surface area contributed by atoms with Crippen molar-refractivity contribution in [1.82, 2.24) is 5.32 Å². The first-order chi connectivity index (χ1) is 13.1. The third-order valence-corrected chi connectivity index (χ3v) is 5.17. The number of ether oxygens (including phenoxy) is 1. The zero-order chi connectivity index (χ0) is 19.7. The number of rotatable bonds is 9. The molecule has 0 fully saturated rings. The third-order valence-electron chi connectivity index (χ3n) is 5.17. The fourth-order valence-electron chi connectivity index (χ4n) is 3.23. The summed E-state index contributed by atoms with van der Waals surface area (Å²) in [5.74, 6) is -0.119. The van der Waals surface area contributed by atoms with E-state index in [-0.39, 0.29) is 5.97 Å². The molecule has 0 aliphatic rings. The van der Waals surface area contributed by atoms with Crippen molar-refractivity contribution in [2.24, 2.45) is 5.41 Å². The van der Waals surface area contributed by atoms with Crippen molar-refractivity contribution in [3.63, 3.8) is 0 Å². The second-order valence-electron chi connectivity index (χ2n) is 6.67. The summed E-state index contributed by atoms with van der Waals surface area (Å²) in [6.45, 7) is 7.59. The van der Waals surface area contributed by atoms with Crippen LogP contribution in [0.15, 0.2) is 48.5 Å². The molecule has 2 rings (SSSR count). The minimum Gasteiger partial charge on any atom is -0.466 e. The van der Waals surface area contributed by atoms with E-state index in [2.05, 4.69) is 23.5 Å². The Kier molecular flexibility index (Phi) is 7.57. The van der Waals surface area contributed by atoms with Gasteiger partial charge in [-0.25, -0.2) is 0 Å². The van der Waals surface area contributed by atoms with Crippen molar-refractivity contribution in [1.29, 1.82) is 5.26 Å². The molecule has 2 aromatic rings. The summed E-state index contributed by atoms with van der Waals surface area (Å²) in [4.78, 5) is 12.3. The highest BCUT2D eigenvalue weighted by Gasteiger charge is 2.35. The summed E-state index contributed by atoms with van der Waals surface area (Å²) in [5.41, 5.74) is 3.31. The molecule has 4 nitrogen and oxygen atoms in total. The lowest BCUT2D eigenvalue weighted by molar-refractivity contribution is -0.155. The standard InChI is InChI=1S/C23H28N2O2/c1-4-23(5-2,22(26)27-6-3)17-25-16-18-11-13-19(14-12-18)21-10-8-7-9-20(21)15-24/h7-14,25H,4-6,16-17H2,1-3H3. The normalized spacial score (nSPS) is 11.0. The maximum absolute atomic E-state index is 12.3. The van der Waals surface area contributed by atoms with Gasteiger partial charge in [-0.15, -0.1) is 0 Å². The van der Waals surface area contributed by atoms with Gasteiger partial charge in [-0.05, 0) is 42.5 Å². The molecule has 1 N–H and O–H groups in total. The predicted octanol–water partition coefficient (Wildman–Crippen LogP) is 4.68. The SMILES string of the molecule is CCOC(=O)C(CC)(CC)CNCc1ccc(-c2ccccc2C#N)cc1. The van der Waals surface area contributed by atoms with Crippen LogP contribution in [-0.2, 0) is 16.1 Å². The van der Waals surface area contributed by atoms with E-state index in [0.717, 1.165) is 29.5 Å². The number of nitrogens with one attached hydrogen (secondary N) is 1. The van der Waals surface area contributed by atoms with Crippen LogP contribution in [0, 0.1) is 16.7 Å². The Morgan fingerprint density at radius 2 is 1.74 bits per heavy atom. The molecule has 0 spiro atoms. The minimum absolute atomic E-state index is 0.119. The lowest BCUT2D eigenvalue weighted by Crippen LogP contribution is -2.41. The molecule has 0 atom stereocenters. The second kappa shape index (κ2) is 9.89. The summed E-state index contributed by atoms with van der Waals surface area (Å²) in [7, 11) is 0. The van der Waals surface area contributed by atoms with Crippen molar-refractivity contribution in [2.75, 3.05) is 13.2 Å². The maximum Gasteiger partial charge on any atom is 0.313 e. The van der Waals surface area contributed by atoms with E-state index in [1.807, 2.05) is 57.2 Å². The molecule has 0 aromatic heterocycles. The van der Waals surface area contributed by atoms with Crippen LogP contribution in [0.5, 0.6) is 0 Å². The highest BCUT2D eigenvalue weighted by molar-refractivity contribution is 5.77. The average Bonchev–Trinajstić information content (AvgIpc) is 2.72. The molecule has 4 heteroatoms. The van der Waals surface area contributed by atoms with E-state index in [9.17, 15) is 10.1 Å². The van der Waals surface area contributed by atoms with Crippen LogP contribution < -0.4 is 5.32 Å². The van der Waals surface area contributed by atoms with E-state index >= 15 is 0 Å². The third kappa shape index (κ3) is 4.96. The largest absolute Gasteiger partial charge is 0.466 e. The van der Waals surface area contributed by atoms with Crippen molar-refractivity contribution in [2.45, 2.75) is 40.2 Å². The fraction of sp³-hybridized carbons (Fsp3) is 0.391. The van der Waals surface area contributed by atoms with Crippen molar-refractivity contribution < 1.29 is 9.53 Å². The molecule has 0 radical (unpaired) electrons. The van der Waals surface area contributed by atoms with E-state index in [4.69, 9.17) is 4.74 Å². The molecule has 142 valence electrons. The summed E-state index contributed by atoms with van der Waals surface area (Å²) < 4.78 is 5.27. The van der Waals surface area contributed by atoms with Crippen molar-refractivity contribution >= 4 is 5.97 Å². The molecule has 0 saturated heterocycles. The Morgan fingerprint density at radius 3 is 2.33 bits per heavy atom. The van der Waals surface area contributed by atoms with Crippen molar-refractivity contribution in [3.05, 3.63) is 59.7 Å². The highest BCUT2D eigenvalue weighted by Crippen LogP contribution is 2.28. The van der Waals surface area contributed by atoms with E-state index < -0.39 is 5.41 Å². The fourth-order valence-corrected chi connectivity index (χ4v) is 3.23. The van der Waals surface area contributed by atoms with E-state index in [1.165, 1.54) is 0 Å². The first-order valence-electron chi connectivity index (χ1n) is 9.56. The van der Waals surface area contributed by atoms with Crippen molar-refractivity contribution in [3.8, 4) is 17.2 Å². The molecule has 0 amide bonds. The van der Waals surface area contributed by atoms with Gasteiger partial charge in [0.25, 0.3) is 0 Å². The summed E-state index contributed by atoms with van der Waals surface area (Å²) >= 11 is 0. The van der Waals surface area contributed by atoms with Gasteiger partial charge >= 0.3 is 5.97 Å². The predicted molar refractivity (Wildman–Crippen MR) is 108 cm³/mol. The monoisotopic (exact) mass is 364 g/mol. The molecule has 0 aliphatic carbocycles. The van der Waals surface area contributed by atoms with Gasteiger partial charge in [-0.3, -0.25) is 4.79 Å². The summed E-state index contributed by atoms with van der Waals surface area (Å²) in [5, 5.41) is 12.7. The molecular weight excluding hydrogens is 336 g/mol. The lowest BCUT2D eigenvalue weighted by Gasteiger charge is -2.29. The van der Waals surface area contributed by atoms with Gasteiger partial charge < -0.3 is 10.1 Å². The van der Waals surface area contributed by atoms with Crippen LogP contribution in [-0.4, -0.2) is 19.1 Å². The second-order valence-corrected chi connectivity index (χ2v) is 6.67. The van der Waals surface area contributed by atoms with Crippen LogP contribution in [0.25, 0.3) is 11.1 Å². The van der Waals surface area contributed by atoms with Crippen LogP contribution >= 0.6 is 0 Å². The summed E-state index contributed by atoms with van der Waals surface area (Å²) in [6, 6.07) is 18.0. The van der Waals surface area contributed by atoms with Crippen LogP contribution in [0.1, 0.15) is 44.7 Å². The van der Waals surface area contributed by atoms with Gasteiger partial charge in [-0.2, -0.15) is 5.26 Å². The first kappa shape index (κ1) is 20.7. The maximum atomic E-state index is 12.3. The van der Waals surface area contributed by atoms with Gasteiger partial charge in [0.2, 0.25) is 0 Å². The Hall–Kier alpha value is -2.64. The molecular formula is C23H28N2O2. The van der Waals surface area contributed by atoms with Gasteiger partial charge in [0, 0.05) is 13.1 Å². The number of benzene rings is 2. The molecule has 0 aliphatic heterocycles. The van der Waals surface area contributed by atoms with Gasteiger partial charge in [0.05, 0.1) is 23.7 Å². The first-order valence-corrected chi connectivity index (χ1v) is 9.56. The Labute approximate surface area is 162 Å². The van der Waals surface area contributed by atoms with Gasteiger partial charge in [0.15, 0.2) is 0 Å². The zero-order valence-electron chi connectivity index (χ0n) is 16.4. The average molecular weight is 364 g/mol. The highest BCUT2D eigenvalue weighted by atomic mass is 16.5. The van der Waals surface area contributed by atoms with Crippen LogP contribution in [0.4, 0.5) is 0 Å². The molecule has 0 unspecified atom stereocenters. The number of nitrogens with zero attached hydrogens (tertiary/aromatic N) is 1. The molecule has 27 heavy (non-hydrogen) atoms.